The molecule has 3 N–H and O–H groups in total. The Labute approximate surface area is 59.2 Å². The van der Waals surface area contributed by atoms with Crippen LogP contribution in [0.4, 0.5) is 0 Å². The van der Waals surface area contributed by atoms with Gasteiger partial charge in [0.1, 0.15) is 0 Å². The van der Waals surface area contributed by atoms with Crippen molar-refractivity contribution in [1.82, 2.24) is 9.55 Å². The molecule has 0 unspecified atom stereocenters. The van der Waals surface area contributed by atoms with Crippen molar-refractivity contribution in [3.05, 3.63) is 17.7 Å². The molecule has 4 nitrogen and oxygen atoms in total. The van der Waals surface area contributed by atoms with E-state index < -0.39 is 0 Å². The summed E-state index contributed by atoms with van der Waals surface area (Å²) >= 11 is 0. The van der Waals surface area contributed by atoms with Gasteiger partial charge < -0.3 is 10.3 Å². The molecule has 0 aliphatic heterocycles. The summed E-state index contributed by atoms with van der Waals surface area (Å²) < 4.78 is 1.73. The molecule has 0 bridgehead atoms. The summed E-state index contributed by atoms with van der Waals surface area (Å²) in [5.74, 6) is 0.535. The fourth-order valence-corrected chi connectivity index (χ4v) is 0.866. The van der Waals surface area contributed by atoms with E-state index in [1.54, 1.807) is 4.57 Å². The van der Waals surface area contributed by atoms with Crippen LogP contribution in [0.1, 0.15) is 11.5 Å². The third kappa shape index (κ3) is 1.00. The van der Waals surface area contributed by atoms with E-state index in [0.717, 1.165) is 5.69 Å². The highest BCUT2D eigenvalue weighted by atomic mass is 15.1. The summed E-state index contributed by atoms with van der Waals surface area (Å²) in [5.41, 5.74) is 6.11. The van der Waals surface area contributed by atoms with Crippen molar-refractivity contribution in [3.8, 4) is 0 Å². The Balaban J connectivity index is 3.15. The van der Waals surface area contributed by atoms with Crippen molar-refractivity contribution in [2.45, 2.75) is 6.92 Å². The molecule has 0 spiro atoms. The maximum atomic E-state index is 7.08. The van der Waals surface area contributed by atoms with Gasteiger partial charge >= 0.3 is 0 Å². The summed E-state index contributed by atoms with van der Waals surface area (Å²) in [7, 11) is 1.82. The first kappa shape index (κ1) is 6.80. The molecule has 1 rings (SSSR count). The molecule has 0 saturated carbocycles. The SMILES string of the molecule is Cc1cn(C)c(C(=N)N)n1. The van der Waals surface area contributed by atoms with Crippen LogP contribution in [0.2, 0.25) is 0 Å². The van der Waals surface area contributed by atoms with Crippen molar-refractivity contribution in [2.75, 3.05) is 0 Å². The number of rotatable bonds is 1. The van der Waals surface area contributed by atoms with Gasteiger partial charge in [-0.15, -0.1) is 0 Å². The number of nitrogens with one attached hydrogen (secondary N) is 1. The van der Waals surface area contributed by atoms with Crippen LogP contribution >= 0.6 is 0 Å². The molecular weight excluding hydrogens is 128 g/mol. The van der Waals surface area contributed by atoms with Crippen molar-refractivity contribution in [3.63, 3.8) is 0 Å². The number of nitrogen functional groups attached to an aromatic ring is 1. The summed E-state index contributed by atoms with van der Waals surface area (Å²) in [5, 5.41) is 7.08. The van der Waals surface area contributed by atoms with E-state index in [4.69, 9.17) is 11.1 Å². The fraction of sp³-hybridized carbons (Fsp3) is 0.333. The average molecular weight is 138 g/mol. The zero-order chi connectivity index (χ0) is 7.72. The molecule has 0 atom stereocenters. The van der Waals surface area contributed by atoms with Gasteiger partial charge in [0.2, 0.25) is 0 Å². The number of nitrogens with two attached hydrogens (primary N) is 1. The Morgan fingerprint density at radius 3 is 2.60 bits per heavy atom. The Morgan fingerprint density at radius 2 is 2.40 bits per heavy atom. The zero-order valence-electron chi connectivity index (χ0n) is 6.05. The summed E-state index contributed by atoms with van der Waals surface area (Å²) in [6.07, 6.45) is 1.83. The first-order valence-electron chi connectivity index (χ1n) is 2.95. The standard InChI is InChI=1S/C6H10N4/c1-4-3-10(2)6(9-4)5(7)8/h3H,1-2H3,(H3,7,8). The molecule has 0 aliphatic rings. The van der Waals surface area contributed by atoms with Gasteiger partial charge in [0.05, 0.1) is 5.69 Å². The number of amidine groups is 1. The molecule has 4 heteroatoms. The predicted molar refractivity (Wildman–Crippen MR) is 39.0 cm³/mol. The highest BCUT2D eigenvalue weighted by molar-refractivity contribution is 5.91. The quantitative estimate of drug-likeness (QED) is 0.424. The molecular formula is C6H10N4. The Bertz CT molecular complexity index is 261. The normalized spacial score (nSPS) is 9.80. The first-order valence-corrected chi connectivity index (χ1v) is 2.95. The van der Waals surface area contributed by atoms with Crippen LogP contribution in [-0.4, -0.2) is 15.4 Å². The predicted octanol–water partition coefficient (Wildman–Crippen LogP) is 0.0126. The van der Waals surface area contributed by atoms with Crippen LogP contribution in [0, 0.1) is 12.3 Å². The summed E-state index contributed by atoms with van der Waals surface area (Å²) in [6, 6.07) is 0. The maximum absolute atomic E-state index is 7.08. The summed E-state index contributed by atoms with van der Waals surface area (Å²) in [4.78, 5) is 4.02. The second kappa shape index (κ2) is 2.13. The number of hydrogen-bond donors (Lipinski definition) is 2. The van der Waals surface area contributed by atoms with Gasteiger partial charge in [-0.3, -0.25) is 5.41 Å². The second-order valence-electron chi connectivity index (χ2n) is 2.23. The Morgan fingerprint density at radius 1 is 1.80 bits per heavy atom. The van der Waals surface area contributed by atoms with Crippen molar-refractivity contribution >= 4 is 5.84 Å². The highest BCUT2D eigenvalue weighted by Gasteiger charge is 2.02. The largest absolute Gasteiger partial charge is 0.381 e. The smallest absolute Gasteiger partial charge is 0.175 e. The third-order valence-corrected chi connectivity index (χ3v) is 1.24. The molecule has 0 amide bonds. The van der Waals surface area contributed by atoms with Crippen molar-refractivity contribution in [1.29, 1.82) is 5.41 Å². The average Bonchev–Trinajstić information content (AvgIpc) is 2.10. The van der Waals surface area contributed by atoms with Gasteiger partial charge in [-0.25, -0.2) is 4.98 Å². The van der Waals surface area contributed by atoms with Gasteiger partial charge in [0, 0.05) is 13.2 Å². The lowest BCUT2D eigenvalue weighted by atomic mass is 10.5. The molecule has 0 aliphatic carbocycles. The van der Waals surface area contributed by atoms with E-state index in [1.807, 2.05) is 20.2 Å². The van der Waals surface area contributed by atoms with Crippen LogP contribution < -0.4 is 5.73 Å². The van der Waals surface area contributed by atoms with E-state index in [-0.39, 0.29) is 5.84 Å². The maximum Gasteiger partial charge on any atom is 0.175 e. The molecule has 10 heavy (non-hydrogen) atoms. The Kier molecular flexibility index (Phi) is 1.45. The summed E-state index contributed by atoms with van der Waals surface area (Å²) in [6.45, 7) is 1.87. The lowest BCUT2D eigenvalue weighted by Crippen LogP contribution is -2.16. The number of imidazole rings is 1. The van der Waals surface area contributed by atoms with Gasteiger partial charge in [-0.1, -0.05) is 0 Å². The van der Waals surface area contributed by atoms with Crippen molar-refractivity contribution in [2.24, 2.45) is 12.8 Å². The Hall–Kier alpha value is -1.32. The molecule has 1 aromatic rings. The lowest BCUT2D eigenvalue weighted by Gasteiger charge is -1.94. The monoisotopic (exact) mass is 138 g/mol. The van der Waals surface area contributed by atoms with E-state index in [9.17, 15) is 0 Å². The minimum atomic E-state index is 0.00981. The zero-order valence-corrected chi connectivity index (χ0v) is 6.05. The van der Waals surface area contributed by atoms with Crippen LogP contribution in [0.3, 0.4) is 0 Å². The highest BCUT2D eigenvalue weighted by Crippen LogP contribution is 1.97. The molecule has 0 radical (unpaired) electrons. The number of aromatic nitrogens is 2. The molecule has 1 aromatic heterocycles. The molecule has 0 aromatic carbocycles. The molecule has 0 fully saturated rings. The van der Waals surface area contributed by atoms with Crippen LogP contribution in [0.25, 0.3) is 0 Å². The number of hydrogen-bond acceptors (Lipinski definition) is 2. The van der Waals surface area contributed by atoms with Crippen LogP contribution in [0.5, 0.6) is 0 Å². The van der Waals surface area contributed by atoms with Gasteiger partial charge in [0.15, 0.2) is 11.7 Å². The molecule has 1 heterocycles. The first-order chi connectivity index (χ1) is 4.61. The molecule has 54 valence electrons. The van der Waals surface area contributed by atoms with Crippen molar-refractivity contribution < 1.29 is 0 Å². The van der Waals surface area contributed by atoms with E-state index >= 15 is 0 Å². The second-order valence-corrected chi connectivity index (χ2v) is 2.23. The van der Waals surface area contributed by atoms with Gasteiger partial charge in [0.25, 0.3) is 0 Å². The number of aryl methyl sites for hydroxylation is 2. The molecule has 0 saturated heterocycles. The lowest BCUT2D eigenvalue weighted by molar-refractivity contribution is 0.892. The third-order valence-electron chi connectivity index (χ3n) is 1.24. The minimum absolute atomic E-state index is 0.00981. The van der Waals surface area contributed by atoms with Gasteiger partial charge in [-0.2, -0.15) is 0 Å². The van der Waals surface area contributed by atoms with Crippen LogP contribution in [-0.2, 0) is 7.05 Å². The van der Waals surface area contributed by atoms with E-state index in [2.05, 4.69) is 4.98 Å². The van der Waals surface area contributed by atoms with Crippen LogP contribution in [0.15, 0.2) is 6.20 Å². The topological polar surface area (TPSA) is 67.7 Å². The minimum Gasteiger partial charge on any atom is -0.381 e. The number of nitrogens with zero attached hydrogens (tertiary/aromatic N) is 2. The van der Waals surface area contributed by atoms with Gasteiger partial charge in [-0.05, 0) is 6.92 Å². The van der Waals surface area contributed by atoms with E-state index in [0.29, 0.717) is 5.82 Å². The van der Waals surface area contributed by atoms with E-state index in [1.165, 1.54) is 0 Å². The fourth-order valence-electron chi connectivity index (χ4n) is 0.866.